The molecule has 180 valence electrons. The first-order chi connectivity index (χ1) is 15.3. The minimum absolute atomic E-state index is 0.0475. The Morgan fingerprint density at radius 3 is 2.62 bits per heavy atom. The van der Waals surface area contributed by atoms with Crippen LogP contribution in [0.25, 0.3) is 0 Å². The molecule has 6 heteroatoms. The first kappa shape index (κ1) is 25.2. The summed E-state index contributed by atoms with van der Waals surface area (Å²) in [4.78, 5) is 12.5. The molecule has 1 aliphatic carbocycles. The van der Waals surface area contributed by atoms with Crippen molar-refractivity contribution in [3.05, 3.63) is 35.5 Å². The molecular weight excluding hydrogens is 406 g/mol. The Balaban J connectivity index is 1.56. The highest BCUT2D eigenvalue weighted by molar-refractivity contribution is 5.72. The Morgan fingerprint density at radius 2 is 2.00 bits per heavy atom. The SMILES string of the molecule is CC/C=C(C)/C=C/CNCC(=O)OC1CCC2(CO2)C(C2(C)OC2CC=C(C)C)C1OC. The summed E-state index contributed by atoms with van der Waals surface area (Å²) in [5, 5.41) is 3.14. The second kappa shape index (κ2) is 10.6. The van der Waals surface area contributed by atoms with Gasteiger partial charge in [0.25, 0.3) is 0 Å². The maximum atomic E-state index is 12.5. The van der Waals surface area contributed by atoms with Crippen LogP contribution < -0.4 is 5.32 Å². The molecule has 0 radical (unpaired) electrons. The zero-order chi connectivity index (χ0) is 23.4. The van der Waals surface area contributed by atoms with E-state index < -0.39 is 0 Å². The predicted octanol–water partition coefficient (Wildman–Crippen LogP) is 4.11. The van der Waals surface area contributed by atoms with E-state index in [1.165, 1.54) is 11.1 Å². The summed E-state index contributed by atoms with van der Waals surface area (Å²) in [6.07, 6.45) is 11.6. The van der Waals surface area contributed by atoms with E-state index in [4.69, 9.17) is 18.9 Å². The normalized spacial score (nSPS) is 36.4. The van der Waals surface area contributed by atoms with Crippen molar-refractivity contribution in [2.24, 2.45) is 5.92 Å². The van der Waals surface area contributed by atoms with Crippen molar-refractivity contribution in [1.29, 1.82) is 0 Å². The average molecular weight is 448 g/mol. The van der Waals surface area contributed by atoms with E-state index in [9.17, 15) is 4.79 Å². The van der Waals surface area contributed by atoms with Crippen LogP contribution in [0.4, 0.5) is 0 Å². The monoisotopic (exact) mass is 447 g/mol. The number of carbonyl (C=O) groups is 1. The summed E-state index contributed by atoms with van der Waals surface area (Å²) in [6.45, 7) is 12.1. The number of nitrogens with one attached hydrogen (secondary N) is 1. The maximum absolute atomic E-state index is 12.5. The van der Waals surface area contributed by atoms with Crippen LogP contribution in [-0.2, 0) is 23.7 Å². The van der Waals surface area contributed by atoms with Gasteiger partial charge >= 0.3 is 5.97 Å². The number of hydrogen-bond acceptors (Lipinski definition) is 6. The van der Waals surface area contributed by atoms with E-state index in [0.717, 1.165) is 32.3 Å². The predicted molar refractivity (Wildman–Crippen MR) is 125 cm³/mol. The van der Waals surface area contributed by atoms with Gasteiger partial charge in [-0.3, -0.25) is 4.79 Å². The minimum atomic E-state index is -0.318. The van der Waals surface area contributed by atoms with Crippen molar-refractivity contribution in [3.63, 3.8) is 0 Å². The number of hydrogen-bond donors (Lipinski definition) is 1. The second-order valence-corrected chi connectivity index (χ2v) is 9.80. The third-order valence-corrected chi connectivity index (χ3v) is 6.96. The van der Waals surface area contributed by atoms with Gasteiger partial charge in [0.15, 0.2) is 0 Å². The second-order valence-electron chi connectivity index (χ2n) is 9.80. The summed E-state index contributed by atoms with van der Waals surface area (Å²) in [6, 6.07) is 0. The molecule has 3 fully saturated rings. The molecule has 2 aliphatic heterocycles. The molecular formula is C26H41NO5. The van der Waals surface area contributed by atoms with Gasteiger partial charge in [0.05, 0.1) is 25.2 Å². The Hall–Kier alpha value is -1.47. The molecule has 0 amide bonds. The van der Waals surface area contributed by atoms with E-state index in [0.29, 0.717) is 6.54 Å². The van der Waals surface area contributed by atoms with Crippen LogP contribution in [0.15, 0.2) is 35.5 Å². The van der Waals surface area contributed by atoms with Crippen molar-refractivity contribution in [2.75, 3.05) is 26.8 Å². The van der Waals surface area contributed by atoms with Crippen molar-refractivity contribution in [1.82, 2.24) is 5.32 Å². The van der Waals surface area contributed by atoms with Crippen LogP contribution in [0.5, 0.6) is 0 Å². The van der Waals surface area contributed by atoms with Crippen LogP contribution in [0.3, 0.4) is 0 Å². The fourth-order valence-electron chi connectivity index (χ4n) is 5.17. The van der Waals surface area contributed by atoms with Gasteiger partial charge in [0.1, 0.15) is 23.4 Å². The first-order valence-electron chi connectivity index (χ1n) is 12.0. The third kappa shape index (κ3) is 5.90. The number of methoxy groups -OCH3 is 1. The topological polar surface area (TPSA) is 72.6 Å². The molecule has 1 spiro atoms. The lowest BCUT2D eigenvalue weighted by Gasteiger charge is -2.42. The molecule has 3 aliphatic rings. The van der Waals surface area contributed by atoms with Gasteiger partial charge in [-0.15, -0.1) is 0 Å². The van der Waals surface area contributed by atoms with Gasteiger partial charge in [-0.2, -0.15) is 0 Å². The summed E-state index contributed by atoms with van der Waals surface area (Å²) in [5.74, 6) is -0.202. The Morgan fingerprint density at radius 1 is 1.25 bits per heavy atom. The minimum Gasteiger partial charge on any atom is -0.459 e. The zero-order valence-electron chi connectivity index (χ0n) is 20.6. The Labute approximate surface area is 193 Å². The molecule has 1 saturated carbocycles. The molecule has 0 aromatic carbocycles. The van der Waals surface area contributed by atoms with Gasteiger partial charge < -0.3 is 24.3 Å². The van der Waals surface area contributed by atoms with Gasteiger partial charge in [0, 0.05) is 13.7 Å². The lowest BCUT2D eigenvalue weighted by molar-refractivity contribution is -0.170. The third-order valence-electron chi connectivity index (χ3n) is 6.96. The van der Waals surface area contributed by atoms with E-state index in [1.54, 1.807) is 7.11 Å². The number of ether oxygens (including phenoxy) is 4. The highest BCUT2D eigenvalue weighted by Crippen LogP contribution is 2.59. The zero-order valence-corrected chi connectivity index (χ0v) is 20.6. The quantitative estimate of drug-likeness (QED) is 0.169. The van der Waals surface area contributed by atoms with Crippen LogP contribution in [-0.4, -0.2) is 62.3 Å². The van der Waals surface area contributed by atoms with Crippen molar-refractivity contribution in [2.45, 2.75) is 89.8 Å². The largest absolute Gasteiger partial charge is 0.459 e. The molecule has 0 bridgehead atoms. The first-order valence-corrected chi connectivity index (χ1v) is 12.0. The van der Waals surface area contributed by atoms with E-state index >= 15 is 0 Å². The summed E-state index contributed by atoms with van der Waals surface area (Å²) in [5.41, 5.74) is 1.99. The summed E-state index contributed by atoms with van der Waals surface area (Å²) >= 11 is 0. The van der Waals surface area contributed by atoms with Gasteiger partial charge in [-0.1, -0.05) is 42.4 Å². The Bertz CT molecular complexity index is 749. The average Bonchev–Trinajstić information content (AvgIpc) is 3.65. The van der Waals surface area contributed by atoms with Crippen molar-refractivity contribution >= 4 is 5.97 Å². The fourth-order valence-corrected chi connectivity index (χ4v) is 5.17. The smallest absolute Gasteiger partial charge is 0.320 e. The van der Waals surface area contributed by atoms with E-state index in [2.05, 4.69) is 58.2 Å². The molecule has 0 aromatic heterocycles. The molecule has 32 heavy (non-hydrogen) atoms. The highest BCUT2D eigenvalue weighted by Gasteiger charge is 2.72. The molecule has 1 N–H and O–H groups in total. The molecule has 6 atom stereocenters. The molecule has 6 nitrogen and oxygen atoms in total. The number of esters is 1. The number of carbonyl (C=O) groups excluding carboxylic acids is 1. The molecule has 0 aromatic rings. The van der Waals surface area contributed by atoms with Crippen LogP contribution in [0.2, 0.25) is 0 Å². The van der Waals surface area contributed by atoms with E-state index in [1.807, 2.05) is 6.08 Å². The summed E-state index contributed by atoms with van der Waals surface area (Å²) < 4.78 is 24.0. The molecule has 3 rings (SSSR count). The Kier molecular flexibility index (Phi) is 8.37. The lowest BCUT2D eigenvalue weighted by Crippen LogP contribution is -2.56. The number of epoxide rings is 2. The van der Waals surface area contributed by atoms with E-state index in [-0.39, 0.29) is 47.9 Å². The standard InChI is InChI=1S/C26H41NO5/c1-7-9-19(4)10-8-15-27-16-22(28)31-20-13-14-26(17-30-26)24(23(20)29-6)25(5)21(32-25)12-11-18(2)3/h8-11,20-21,23-24,27H,7,12-17H2,1-6H3/b10-8+,19-9+. The van der Waals surface area contributed by atoms with Gasteiger partial charge in [0.2, 0.25) is 0 Å². The van der Waals surface area contributed by atoms with Crippen LogP contribution in [0, 0.1) is 5.92 Å². The van der Waals surface area contributed by atoms with Gasteiger partial charge in [-0.25, -0.2) is 0 Å². The fraction of sp³-hybridized carbons (Fsp3) is 0.731. The summed E-state index contributed by atoms with van der Waals surface area (Å²) in [7, 11) is 1.70. The molecule has 6 unspecified atom stereocenters. The highest BCUT2D eigenvalue weighted by atomic mass is 16.6. The van der Waals surface area contributed by atoms with Crippen molar-refractivity contribution in [3.8, 4) is 0 Å². The van der Waals surface area contributed by atoms with Gasteiger partial charge in [-0.05, 0) is 53.4 Å². The van der Waals surface area contributed by atoms with Crippen molar-refractivity contribution < 1.29 is 23.7 Å². The lowest BCUT2D eigenvalue weighted by atomic mass is 9.68. The molecule has 2 saturated heterocycles. The number of rotatable bonds is 11. The van der Waals surface area contributed by atoms with Crippen LogP contribution in [0.1, 0.15) is 60.3 Å². The maximum Gasteiger partial charge on any atom is 0.320 e. The van der Waals surface area contributed by atoms with Crippen LogP contribution >= 0.6 is 0 Å². The number of allylic oxidation sites excluding steroid dienone is 4. The molecule has 2 heterocycles.